The van der Waals surface area contributed by atoms with E-state index in [0.717, 1.165) is 17.0 Å². The zero-order valence-electron chi connectivity index (χ0n) is 15.6. The Kier molecular flexibility index (Phi) is 6.54. The Bertz CT molecular complexity index is 1040. The normalized spacial score (nSPS) is 10.9. The number of nitrogens with one attached hydrogen (secondary N) is 1. The van der Waals surface area contributed by atoms with Crippen molar-refractivity contribution in [1.82, 2.24) is 19.7 Å². The Morgan fingerprint density at radius 2 is 1.89 bits per heavy atom. The molecule has 0 fully saturated rings. The molecule has 0 spiro atoms. The highest BCUT2D eigenvalue weighted by atomic mass is 35.5. The minimum absolute atomic E-state index is 0.00373. The molecule has 8 heteroatoms. The number of halogens is 2. The molecule has 0 aliphatic heterocycles. The standard InChI is InChI=1S/C20H20Cl2N4OS/c1-13-3-6-15(7-4-13)19-23-24-20(28)26(19)10-9-18(27)25(2)12-14-5-8-16(21)17(22)11-14/h3-8,11H,9-10,12H2,1-2H3,(H,24,28). The summed E-state index contributed by atoms with van der Waals surface area (Å²) in [5, 5.41) is 8.11. The number of aromatic amines is 1. The van der Waals surface area contributed by atoms with E-state index in [2.05, 4.69) is 10.2 Å². The van der Waals surface area contributed by atoms with Crippen molar-refractivity contribution in [1.29, 1.82) is 0 Å². The van der Waals surface area contributed by atoms with Crippen LogP contribution in [0.3, 0.4) is 0 Å². The average molecular weight is 435 g/mol. The van der Waals surface area contributed by atoms with Gasteiger partial charge in [0.1, 0.15) is 0 Å². The molecule has 1 N–H and O–H groups in total. The first-order valence-corrected chi connectivity index (χ1v) is 9.91. The van der Waals surface area contributed by atoms with Gasteiger partial charge in [0.2, 0.25) is 5.91 Å². The van der Waals surface area contributed by atoms with Crippen molar-refractivity contribution in [2.45, 2.75) is 26.4 Å². The van der Waals surface area contributed by atoms with Gasteiger partial charge in [-0.25, -0.2) is 0 Å². The number of nitrogens with zero attached hydrogens (tertiary/aromatic N) is 3. The monoisotopic (exact) mass is 434 g/mol. The van der Waals surface area contributed by atoms with E-state index in [9.17, 15) is 4.79 Å². The second kappa shape index (κ2) is 8.90. The topological polar surface area (TPSA) is 53.9 Å². The zero-order valence-corrected chi connectivity index (χ0v) is 17.9. The van der Waals surface area contributed by atoms with Crippen molar-refractivity contribution in [3.05, 3.63) is 68.4 Å². The molecule has 0 saturated heterocycles. The van der Waals surface area contributed by atoms with Crippen molar-refractivity contribution in [3.63, 3.8) is 0 Å². The SMILES string of the molecule is Cc1ccc(-c2n[nH]c(=S)n2CCC(=O)N(C)Cc2ccc(Cl)c(Cl)c2)cc1. The number of benzene rings is 2. The van der Waals surface area contributed by atoms with Crippen molar-refractivity contribution >= 4 is 41.3 Å². The van der Waals surface area contributed by atoms with Crippen LogP contribution in [0.25, 0.3) is 11.4 Å². The highest BCUT2D eigenvalue weighted by Crippen LogP contribution is 2.23. The lowest BCUT2D eigenvalue weighted by atomic mass is 10.1. The Morgan fingerprint density at radius 1 is 1.18 bits per heavy atom. The smallest absolute Gasteiger partial charge is 0.224 e. The van der Waals surface area contributed by atoms with E-state index in [1.807, 2.05) is 41.8 Å². The molecule has 3 rings (SSSR count). The van der Waals surface area contributed by atoms with Crippen LogP contribution in [0.15, 0.2) is 42.5 Å². The second-order valence-electron chi connectivity index (χ2n) is 6.62. The minimum atomic E-state index is 0.00373. The molecule has 1 heterocycles. The molecule has 0 saturated carbocycles. The van der Waals surface area contributed by atoms with E-state index in [1.54, 1.807) is 24.1 Å². The first-order valence-electron chi connectivity index (χ1n) is 8.75. The maximum atomic E-state index is 12.6. The van der Waals surface area contributed by atoms with Crippen LogP contribution in [0.5, 0.6) is 0 Å². The summed E-state index contributed by atoms with van der Waals surface area (Å²) in [6.07, 6.45) is 0.310. The number of hydrogen-bond donors (Lipinski definition) is 1. The van der Waals surface area contributed by atoms with Gasteiger partial charge < -0.3 is 4.90 Å². The fraction of sp³-hybridized carbons (Fsp3) is 0.250. The average Bonchev–Trinajstić information content (AvgIpc) is 3.04. The van der Waals surface area contributed by atoms with Gasteiger partial charge in [-0.15, -0.1) is 0 Å². The van der Waals surface area contributed by atoms with Crippen LogP contribution < -0.4 is 0 Å². The van der Waals surface area contributed by atoms with Crippen LogP contribution in [-0.4, -0.2) is 32.6 Å². The van der Waals surface area contributed by atoms with Crippen LogP contribution in [0.1, 0.15) is 17.5 Å². The van der Waals surface area contributed by atoms with E-state index in [4.69, 9.17) is 35.4 Å². The van der Waals surface area contributed by atoms with Crippen LogP contribution in [0.2, 0.25) is 10.0 Å². The van der Waals surface area contributed by atoms with E-state index in [-0.39, 0.29) is 5.91 Å². The van der Waals surface area contributed by atoms with Crippen molar-refractivity contribution < 1.29 is 4.79 Å². The summed E-state index contributed by atoms with van der Waals surface area (Å²) in [6, 6.07) is 13.4. The Labute approximate surface area is 178 Å². The molecule has 1 amide bonds. The molecule has 1 aromatic heterocycles. The van der Waals surface area contributed by atoms with Gasteiger partial charge in [-0.3, -0.25) is 14.5 Å². The maximum Gasteiger partial charge on any atom is 0.224 e. The van der Waals surface area contributed by atoms with Crippen molar-refractivity contribution in [3.8, 4) is 11.4 Å². The van der Waals surface area contributed by atoms with Crippen molar-refractivity contribution in [2.24, 2.45) is 0 Å². The first kappa shape index (κ1) is 20.6. The maximum absolute atomic E-state index is 12.6. The summed E-state index contributed by atoms with van der Waals surface area (Å²) in [5.41, 5.74) is 3.05. The second-order valence-corrected chi connectivity index (χ2v) is 7.82. The van der Waals surface area contributed by atoms with Gasteiger partial charge >= 0.3 is 0 Å². The van der Waals surface area contributed by atoms with Gasteiger partial charge in [-0.05, 0) is 36.8 Å². The number of H-pyrrole nitrogens is 1. The number of hydrogen-bond acceptors (Lipinski definition) is 3. The molecular weight excluding hydrogens is 415 g/mol. The largest absolute Gasteiger partial charge is 0.341 e. The first-order chi connectivity index (χ1) is 13.3. The summed E-state index contributed by atoms with van der Waals surface area (Å²) >= 11 is 17.3. The number of carbonyl (C=O) groups is 1. The van der Waals surface area contributed by atoms with Crippen LogP contribution >= 0.6 is 35.4 Å². The van der Waals surface area contributed by atoms with Gasteiger partial charge in [-0.2, -0.15) is 5.10 Å². The number of aromatic nitrogens is 3. The van der Waals surface area contributed by atoms with Crippen molar-refractivity contribution in [2.75, 3.05) is 7.05 Å². The molecule has 146 valence electrons. The number of amides is 1. The highest BCUT2D eigenvalue weighted by Gasteiger charge is 2.14. The molecule has 28 heavy (non-hydrogen) atoms. The van der Waals surface area contributed by atoms with Crippen LogP contribution in [0, 0.1) is 11.7 Å². The summed E-state index contributed by atoms with van der Waals surface area (Å²) in [7, 11) is 1.76. The van der Waals surface area contributed by atoms with Gasteiger partial charge in [0.25, 0.3) is 0 Å². The summed E-state index contributed by atoms with van der Waals surface area (Å²) in [6.45, 7) is 2.93. The molecule has 0 aliphatic carbocycles. The highest BCUT2D eigenvalue weighted by molar-refractivity contribution is 7.71. The number of aryl methyl sites for hydroxylation is 1. The Hall–Kier alpha value is -2.15. The lowest BCUT2D eigenvalue weighted by Crippen LogP contribution is -2.27. The molecule has 5 nitrogen and oxygen atoms in total. The van der Waals surface area contributed by atoms with Gasteiger partial charge in [0, 0.05) is 32.1 Å². The summed E-state index contributed by atoms with van der Waals surface area (Å²) in [4.78, 5) is 14.2. The van der Waals surface area contributed by atoms with E-state index in [0.29, 0.717) is 34.3 Å². The fourth-order valence-electron chi connectivity index (χ4n) is 2.85. The predicted octanol–water partition coefficient (Wildman–Crippen LogP) is 5.27. The lowest BCUT2D eigenvalue weighted by Gasteiger charge is -2.18. The van der Waals surface area contributed by atoms with Gasteiger partial charge in [-0.1, -0.05) is 59.1 Å². The van der Waals surface area contributed by atoms with E-state index in [1.165, 1.54) is 5.56 Å². The van der Waals surface area contributed by atoms with Crippen LogP contribution in [-0.2, 0) is 17.9 Å². The van der Waals surface area contributed by atoms with Gasteiger partial charge in [0.15, 0.2) is 10.6 Å². The van der Waals surface area contributed by atoms with Gasteiger partial charge in [0.05, 0.1) is 10.0 Å². The third-order valence-electron chi connectivity index (χ3n) is 4.45. The Morgan fingerprint density at radius 3 is 2.57 bits per heavy atom. The molecule has 0 unspecified atom stereocenters. The third kappa shape index (κ3) is 4.82. The molecule has 0 bridgehead atoms. The summed E-state index contributed by atoms with van der Waals surface area (Å²) in [5.74, 6) is 0.731. The minimum Gasteiger partial charge on any atom is -0.341 e. The lowest BCUT2D eigenvalue weighted by molar-refractivity contribution is -0.130. The third-order valence-corrected chi connectivity index (χ3v) is 5.50. The zero-order chi connectivity index (χ0) is 20.3. The number of rotatable bonds is 6. The molecule has 3 aromatic rings. The summed E-state index contributed by atoms with van der Waals surface area (Å²) < 4.78 is 2.35. The predicted molar refractivity (Wildman–Crippen MR) is 115 cm³/mol. The molecule has 0 atom stereocenters. The fourth-order valence-corrected chi connectivity index (χ4v) is 3.39. The Balaban J connectivity index is 1.67. The molecule has 0 radical (unpaired) electrons. The molecular formula is C20H20Cl2N4OS. The number of carbonyl (C=O) groups excluding carboxylic acids is 1. The van der Waals surface area contributed by atoms with E-state index >= 15 is 0 Å². The van der Waals surface area contributed by atoms with Crippen LogP contribution in [0.4, 0.5) is 0 Å². The quantitative estimate of drug-likeness (QED) is 0.537. The van der Waals surface area contributed by atoms with E-state index < -0.39 is 0 Å². The molecule has 2 aromatic carbocycles. The molecule has 0 aliphatic rings.